The van der Waals surface area contributed by atoms with Gasteiger partial charge in [0.15, 0.2) is 0 Å². The van der Waals surface area contributed by atoms with Crippen molar-refractivity contribution >= 4 is 12.3 Å². The van der Waals surface area contributed by atoms with E-state index < -0.39 is 0 Å². The van der Waals surface area contributed by atoms with Crippen LogP contribution in [0.1, 0.15) is 6.42 Å². The van der Waals surface area contributed by atoms with Crippen LogP contribution in [0.3, 0.4) is 0 Å². The van der Waals surface area contributed by atoms with Gasteiger partial charge < -0.3 is 20.2 Å². The lowest BCUT2D eigenvalue weighted by molar-refractivity contribution is -0.107. The maximum absolute atomic E-state index is 10.9. The van der Waals surface area contributed by atoms with Crippen LogP contribution in [-0.4, -0.2) is 38.1 Å². The van der Waals surface area contributed by atoms with Crippen LogP contribution >= 0.6 is 0 Å². The highest BCUT2D eigenvalue weighted by atomic mass is 16.5. The van der Waals surface area contributed by atoms with Crippen molar-refractivity contribution in [1.29, 1.82) is 0 Å². The standard InChI is InChI=1S/C7H12N2O3/c10-3-2-8-7(11)9-6-1-4-12-5-6/h3,6H,1-2,4-5H2,(H2,8,9,11). The predicted molar refractivity (Wildman–Crippen MR) is 41.8 cm³/mol. The van der Waals surface area contributed by atoms with E-state index in [1.165, 1.54) is 0 Å². The van der Waals surface area contributed by atoms with E-state index in [0.29, 0.717) is 19.5 Å². The number of carbonyl (C=O) groups excluding carboxylic acids is 2. The molecule has 2 amide bonds. The molecule has 0 saturated carbocycles. The van der Waals surface area contributed by atoms with Gasteiger partial charge in [-0.25, -0.2) is 4.79 Å². The van der Waals surface area contributed by atoms with E-state index >= 15 is 0 Å². The molecule has 12 heavy (non-hydrogen) atoms. The molecule has 1 fully saturated rings. The van der Waals surface area contributed by atoms with E-state index in [-0.39, 0.29) is 18.6 Å². The van der Waals surface area contributed by atoms with E-state index in [2.05, 4.69) is 10.6 Å². The quantitative estimate of drug-likeness (QED) is 0.552. The zero-order chi connectivity index (χ0) is 8.81. The second-order valence-corrected chi connectivity index (χ2v) is 2.58. The Balaban J connectivity index is 2.11. The van der Waals surface area contributed by atoms with Gasteiger partial charge in [-0.3, -0.25) is 0 Å². The van der Waals surface area contributed by atoms with Gasteiger partial charge in [0.05, 0.1) is 19.2 Å². The van der Waals surface area contributed by atoms with Crippen LogP contribution in [0.2, 0.25) is 0 Å². The molecule has 0 aromatic rings. The lowest BCUT2D eigenvalue weighted by atomic mass is 10.3. The summed E-state index contributed by atoms with van der Waals surface area (Å²) in [5.41, 5.74) is 0. The van der Waals surface area contributed by atoms with Crippen LogP contribution in [0.15, 0.2) is 0 Å². The number of carbonyl (C=O) groups is 2. The molecule has 5 nitrogen and oxygen atoms in total. The van der Waals surface area contributed by atoms with E-state index in [4.69, 9.17) is 4.74 Å². The molecule has 0 bridgehead atoms. The first-order valence-corrected chi connectivity index (χ1v) is 3.88. The monoisotopic (exact) mass is 172 g/mol. The Labute approximate surface area is 70.5 Å². The number of hydrogen-bond acceptors (Lipinski definition) is 3. The van der Waals surface area contributed by atoms with E-state index in [1.54, 1.807) is 0 Å². The van der Waals surface area contributed by atoms with E-state index in [1.807, 2.05) is 0 Å². The van der Waals surface area contributed by atoms with Gasteiger partial charge in [0.25, 0.3) is 0 Å². The van der Waals surface area contributed by atoms with E-state index in [9.17, 15) is 9.59 Å². The van der Waals surface area contributed by atoms with Gasteiger partial charge in [-0.15, -0.1) is 0 Å². The summed E-state index contributed by atoms with van der Waals surface area (Å²) in [5, 5.41) is 5.07. The second kappa shape index (κ2) is 4.71. The molecular formula is C7H12N2O3. The Morgan fingerprint density at radius 3 is 3.08 bits per heavy atom. The zero-order valence-electron chi connectivity index (χ0n) is 6.71. The molecule has 0 aliphatic carbocycles. The van der Waals surface area contributed by atoms with Crippen LogP contribution in [0.5, 0.6) is 0 Å². The first kappa shape index (κ1) is 8.99. The summed E-state index contributed by atoms with van der Waals surface area (Å²) in [6.07, 6.45) is 1.49. The molecule has 1 rings (SSSR count). The molecule has 0 radical (unpaired) electrons. The molecule has 1 heterocycles. The number of rotatable bonds is 3. The first-order valence-electron chi connectivity index (χ1n) is 3.88. The van der Waals surface area contributed by atoms with Gasteiger partial charge in [-0.2, -0.15) is 0 Å². The Hall–Kier alpha value is -1.10. The van der Waals surface area contributed by atoms with Crippen LogP contribution < -0.4 is 10.6 Å². The van der Waals surface area contributed by atoms with Crippen molar-refractivity contribution in [2.24, 2.45) is 0 Å². The number of ether oxygens (including phenoxy) is 1. The van der Waals surface area contributed by atoms with Crippen molar-refractivity contribution < 1.29 is 14.3 Å². The van der Waals surface area contributed by atoms with Gasteiger partial charge in [-0.1, -0.05) is 0 Å². The molecule has 1 unspecified atom stereocenters. The Kier molecular flexibility index (Phi) is 3.53. The average molecular weight is 172 g/mol. The normalized spacial score (nSPS) is 21.8. The fourth-order valence-electron chi connectivity index (χ4n) is 1.02. The Bertz CT molecular complexity index is 166. The fourth-order valence-corrected chi connectivity index (χ4v) is 1.02. The number of aldehydes is 1. The molecule has 2 N–H and O–H groups in total. The molecule has 0 aromatic heterocycles. The third-order valence-electron chi connectivity index (χ3n) is 1.61. The minimum Gasteiger partial charge on any atom is -0.379 e. The minimum absolute atomic E-state index is 0.0550. The summed E-state index contributed by atoms with van der Waals surface area (Å²) < 4.78 is 5.05. The molecule has 68 valence electrons. The van der Waals surface area contributed by atoms with Gasteiger partial charge in [0, 0.05) is 6.61 Å². The summed E-state index contributed by atoms with van der Waals surface area (Å²) in [6, 6.07) is -0.214. The molecule has 1 atom stereocenters. The SMILES string of the molecule is O=CCNC(=O)NC1CCOC1. The van der Waals surface area contributed by atoms with Gasteiger partial charge in [-0.05, 0) is 6.42 Å². The number of urea groups is 1. The maximum atomic E-state index is 10.9. The third kappa shape index (κ3) is 2.87. The van der Waals surface area contributed by atoms with Gasteiger partial charge in [0.2, 0.25) is 0 Å². The summed E-state index contributed by atoms with van der Waals surface area (Å²) in [7, 11) is 0. The highest BCUT2D eigenvalue weighted by molar-refractivity contribution is 5.76. The van der Waals surface area contributed by atoms with Gasteiger partial charge >= 0.3 is 6.03 Å². The fraction of sp³-hybridized carbons (Fsp3) is 0.714. The van der Waals surface area contributed by atoms with Crippen molar-refractivity contribution in [3.63, 3.8) is 0 Å². The topological polar surface area (TPSA) is 67.4 Å². The van der Waals surface area contributed by atoms with Crippen LogP contribution in [0, 0.1) is 0 Å². The van der Waals surface area contributed by atoms with Crippen molar-refractivity contribution in [2.45, 2.75) is 12.5 Å². The molecule has 1 aliphatic heterocycles. The van der Waals surface area contributed by atoms with Crippen molar-refractivity contribution in [3.8, 4) is 0 Å². The van der Waals surface area contributed by atoms with Crippen LogP contribution in [-0.2, 0) is 9.53 Å². The van der Waals surface area contributed by atoms with Crippen molar-refractivity contribution in [1.82, 2.24) is 10.6 Å². The average Bonchev–Trinajstić information content (AvgIpc) is 2.53. The lowest BCUT2D eigenvalue weighted by Gasteiger charge is -2.09. The summed E-state index contributed by atoms with van der Waals surface area (Å²) in [5.74, 6) is 0. The Morgan fingerprint density at radius 2 is 2.50 bits per heavy atom. The van der Waals surface area contributed by atoms with Crippen LogP contribution in [0.4, 0.5) is 4.79 Å². The van der Waals surface area contributed by atoms with Crippen LogP contribution in [0.25, 0.3) is 0 Å². The molecule has 5 heteroatoms. The number of hydrogen-bond donors (Lipinski definition) is 2. The number of amides is 2. The predicted octanol–water partition coefficient (Wildman–Crippen LogP) is -0.727. The number of nitrogens with one attached hydrogen (secondary N) is 2. The second-order valence-electron chi connectivity index (χ2n) is 2.58. The zero-order valence-corrected chi connectivity index (χ0v) is 6.71. The van der Waals surface area contributed by atoms with Crippen molar-refractivity contribution in [3.05, 3.63) is 0 Å². The highest BCUT2D eigenvalue weighted by Gasteiger charge is 2.16. The molecule has 1 aliphatic rings. The molecular weight excluding hydrogens is 160 g/mol. The molecule has 0 aromatic carbocycles. The third-order valence-corrected chi connectivity index (χ3v) is 1.61. The largest absolute Gasteiger partial charge is 0.379 e. The molecule has 0 spiro atoms. The summed E-state index contributed by atoms with van der Waals surface area (Å²) >= 11 is 0. The summed E-state index contributed by atoms with van der Waals surface area (Å²) in [4.78, 5) is 20.8. The maximum Gasteiger partial charge on any atom is 0.315 e. The Morgan fingerprint density at radius 1 is 1.67 bits per heavy atom. The first-order chi connectivity index (χ1) is 5.83. The molecule has 1 saturated heterocycles. The highest BCUT2D eigenvalue weighted by Crippen LogP contribution is 2.02. The van der Waals surface area contributed by atoms with Crippen molar-refractivity contribution in [2.75, 3.05) is 19.8 Å². The lowest BCUT2D eigenvalue weighted by Crippen LogP contribution is -2.42. The summed E-state index contributed by atoms with van der Waals surface area (Å²) in [6.45, 7) is 1.31. The van der Waals surface area contributed by atoms with E-state index in [0.717, 1.165) is 6.42 Å². The smallest absolute Gasteiger partial charge is 0.315 e. The van der Waals surface area contributed by atoms with Gasteiger partial charge in [0.1, 0.15) is 6.29 Å². The minimum atomic E-state index is -0.308.